The maximum atomic E-state index is 5.87. The number of hydrogen-bond acceptors (Lipinski definition) is 4. The van der Waals surface area contributed by atoms with E-state index in [1.54, 1.807) is 6.08 Å². The van der Waals surface area contributed by atoms with Crippen LogP contribution in [0.5, 0.6) is 5.75 Å². The number of nitrogens with one attached hydrogen (secondary N) is 2. The van der Waals surface area contributed by atoms with Crippen LogP contribution < -0.4 is 15.4 Å². The Balaban J connectivity index is 1.89. The summed E-state index contributed by atoms with van der Waals surface area (Å²) in [4.78, 5) is 4.68. The topological polar surface area (TPSA) is 64.1 Å². The Bertz CT molecular complexity index is 571. The number of para-hydroxylation sites is 1. The zero-order chi connectivity index (χ0) is 18.6. The van der Waals surface area contributed by atoms with Gasteiger partial charge in [0.2, 0.25) is 0 Å². The average Bonchev–Trinajstić information content (AvgIpc) is 3.17. The molecule has 2 N–H and O–H groups in total. The normalized spacial score (nSPS) is 18.4. The average molecular weight is 361 g/mol. The number of benzene rings is 1. The summed E-state index contributed by atoms with van der Waals surface area (Å²) in [5.41, 5.74) is 1.04. The van der Waals surface area contributed by atoms with Gasteiger partial charge < -0.3 is 24.8 Å². The Morgan fingerprint density at radius 3 is 3.04 bits per heavy atom. The molecule has 0 spiro atoms. The highest BCUT2D eigenvalue weighted by molar-refractivity contribution is 5.80. The predicted molar refractivity (Wildman–Crippen MR) is 105 cm³/mol. The lowest BCUT2D eigenvalue weighted by atomic mass is 10.2. The molecule has 1 saturated heterocycles. The van der Waals surface area contributed by atoms with Gasteiger partial charge in [0.05, 0.1) is 25.9 Å². The van der Waals surface area contributed by atoms with E-state index >= 15 is 0 Å². The number of ether oxygens (including phenoxy) is 3. The van der Waals surface area contributed by atoms with Gasteiger partial charge in [0.25, 0.3) is 0 Å². The monoisotopic (exact) mass is 361 g/mol. The Morgan fingerprint density at radius 1 is 1.46 bits per heavy atom. The molecule has 1 aromatic carbocycles. The lowest BCUT2D eigenvalue weighted by Crippen LogP contribution is -2.44. The number of guanidine groups is 1. The van der Waals surface area contributed by atoms with E-state index in [9.17, 15) is 0 Å². The largest absolute Gasteiger partial charge is 0.489 e. The second kappa shape index (κ2) is 11.5. The summed E-state index contributed by atoms with van der Waals surface area (Å²) in [6, 6.07) is 8.08. The molecule has 0 aromatic heterocycles. The van der Waals surface area contributed by atoms with Gasteiger partial charge in [-0.1, -0.05) is 30.9 Å². The van der Waals surface area contributed by atoms with E-state index in [-0.39, 0.29) is 12.1 Å². The first-order chi connectivity index (χ1) is 12.7. The molecule has 6 nitrogen and oxygen atoms in total. The highest BCUT2D eigenvalue weighted by Crippen LogP contribution is 2.18. The fourth-order valence-electron chi connectivity index (χ4n) is 2.61. The van der Waals surface area contributed by atoms with Crippen LogP contribution in [0.2, 0.25) is 0 Å². The van der Waals surface area contributed by atoms with Crippen molar-refractivity contribution in [3.63, 3.8) is 0 Å². The highest BCUT2D eigenvalue weighted by Gasteiger charge is 2.17. The molecule has 2 unspecified atom stereocenters. The summed E-state index contributed by atoms with van der Waals surface area (Å²) in [5, 5.41) is 6.67. The fraction of sp³-hybridized carbons (Fsp3) is 0.550. The molecule has 0 bridgehead atoms. The van der Waals surface area contributed by atoms with Crippen LogP contribution in [-0.2, 0) is 16.0 Å². The Kier molecular flexibility index (Phi) is 9.00. The van der Waals surface area contributed by atoms with Crippen LogP contribution in [0.3, 0.4) is 0 Å². The van der Waals surface area contributed by atoms with Crippen molar-refractivity contribution in [1.82, 2.24) is 10.6 Å². The smallest absolute Gasteiger partial charge is 0.191 e. The van der Waals surface area contributed by atoms with Gasteiger partial charge in [-0.25, -0.2) is 4.99 Å². The first-order valence-corrected chi connectivity index (χ1v) is 9.28. The third-order valence-corrected chi connectivity index (χ3v) is 3.93. The first kappa shape index (κ1) is 20.3. The van der Waals surface area contributed by atoms with Crippen molar-refractivity contribution in [2.24, 2.45) is 4.99 Å². The lowest BCUT2D eigenvalue weighted by molar-refractivity contribution is 0.0347. The Hall–Kier alpha value is -2.05. The van der Waals surface area contributed by atoms with Crippen molar-refractivity contribution >= 4 is 5.96 Å². The third kappa shape index (κ3) is 7.06. The van der Waals surface area contributed by atoms with Crippen LogP contribution in [0.25, 0.3) is 0 Å². The highest BCUT2D eigenvalue weighted by atomic mass is 16.5. The molecule has 2 atom stereocenters. The van der Waals surface area contributed by atoms with Crippen LogP contribution >= 0.6 is 0 Å². The molecule has 1 aliphatic heterocycles. The maximum absolute atomic E-state index is 5.87. The van der Waals surface area contributed by atoms with E-state index in [0.717, 1.165) is 36.8 Å². The van der Waals surface area contributed by atoms with Gasteiger partial charge in [-0.05, 0) is 26.3 Å². The molecular formula is C20H31N3O3. The van der Waals surface area contributed by atoms with Gasteiger partial charge in [-0.3, -0.25) is 0 Å². The standard InChI is InChI=1S/C20H31N3O3/c1-4-11-25-19-9-7-6-8-17(19)13-22-20(21-5-2)23-16(3)14-26-18-10-12-24-15-18/h4,6-9,16,18H,1,5,10-15H2,2-3H3,(H2,21,22,23). The molecule has 6 heteroatoms. The summed E-state index contributed by atoms with van der Waals surface area (Å²) in [6.07, 6.45) is 2.93. The van der Waals surface area contributed by atoms with E-state index in [1.807, 2.05) is 24.3 Å². The van der Waals surface area contributed by atoms with E-state index in [2.05, 4.69) is 36.1 Å². The van der Waals surface area contributed by atoms with E-state index in [0.29, 0.717) is 26.4 Å². The second-order valence-corrected chi connectivity index (χ2v) is 6.27. The summed E-state index contributed by atoms with van der Waals surface area (Å²) in [6.45, 7) is 11.8. The van der Waals surface area contributed by atoms with Gasteiger partial charge >= 0.3 is 0 Å². The summed E-state index contributed by atoms with van der Waals surface area (Å²) < 4.78 is 16.9. The number of hydrogen-bond donors (Lipinski definition) is 2. The van der Waals surface area contributed by atoms with E-state index in [1.165, 1.54) is 0 Å². The van der Waals surface area contributed by atoms with E-state index in [4.69, 9.17) is 14.2 Å². The molecule has 1 heterocycles. The van der Waals surface area contributed by atoms with Crippen LogP contribution in [0.1, 0.15) is 25.8 Å². The van der Waals surface area contributed by atoms with Crippen molar-refractivity contribution in [3.8, 4) is 5.75 Å². The van der Waals surface area contributed by atoms with Crippen LogP contribution in [-0.4, -0.2) is 51.1 Å². The third-order valence-electron chi connectivity index (χ3n) is 3.93. The molecule has 0 saturated carbocycles. The Morgan fingerprint density at radius 2 is 2.31 bits per heavy atom. The zero-order valence-electron chi connectivity index (χ0n) is 15.9. The SMILES string of the molecule is C=CCOc1ccccc1CN=C(NCC)NC(C)COC1CCOC1. The maximum Gasteiger partial charge on any atom is 0.191 e. The molecule has 0 amide bonds. The van der Waals surface area contributed by atoms with Gasteiger partial charge in [-0.15, -0.1) is 0 Å². The quantitative estimate of drug-likeness (QED) is 0.381. The van der Waals surface area contributed by atoms with Crippen molar-refractivity contribution in [2.75, 3.05) is 33.0 Å². The minimum absolute atomic E-state index is 0.153. The molecule has 1 fully saturated rings. The molecule has 0 aliphatic carbocycles. The molecule has 1 aromatic rings. The number of rotatable bonds is 10. The van der Waals surface area contributed by atoms with E-state index < -0.39 is 0 Å². The predicted octanol–water partition coefficient (Wildman–Crippen LogP) is 2.50. The van der Waals surface area contributed by atoms with Crippen molar-refractivity contribution in [1.29, 1.82) is 0 Å². The summed E-state index contributed by atoms with van der Waals surface area (Å²) in [7, 11) is 0. The minimum Gasteiger partial charge on any atom is -0.489 e. The molecule has 26 heavy (non-hydrogen) atoms. The van der Waals surface area contributed by atoms with Crippen LogP contribution in [0.15, 0.2) is 41.9 Å². The second-order valence-electron chi connectivity index (χ2n) is 6.27. The van der Waals surface area contributed by atoms with Gasteiger partial charge in [0.15, 0.2) is 5.96 Å². The van der Waals surface area contributed by atoms with Gasteiger partial charge in [-0.2, -0.15) is 0 Å². The Labute approximate surface area is 156 Å². The van der Waals surface area contributed by atoms with Crippen LogP contribution in [0, 0.1) is 0 Å². The van der Waals surface area contributed by atoms with Gasteiger partial charge in [0.1, 0.15) is 12.4 Å². The van der Waals surface area contributed by atoms with Crippen molar-refractivity contribution < 1.29 is 14.2 Å². The zero-order valence-corrected chi connectivity index (χ0v) is 15.9. The lowest BCUT2D eigenvalue weighted by Gasteiger charge is -2.19. The summed E-state index contributed by atoms with van der Waals surface area (Å²) >= 11 is 0. The van der Waals surface area contributed by atoms with Crippen molar-refractivity contribution in [2.45, 2.75) is 39.0 Å². The van der Waals surface area contributed by atoms with Crippen LogP contribution in [0.4, 0.5) is 0 Å². The minimum atomic E-state index is 0.153. The molecule has 1 aliphatic rings. The molecule has 2 rings (SSSR count). The number of aliphatic imine (C=N–C) groups is 1. The van der Waals surface area contributed by atoms with Crippen molar-refractivity contribution in [3.05, 3.63) is 42.5 Å². The number of nitrogens with zero attached hydrogens (tertiary/aromatic N) is 1. The molecular weight excluding hydrogens is 330 g/mol. The van der Waals surface area contributed by atoms with Gasteiger partial charge in [0, 0.05) is 24.8 Å². The summed E-state index contributed by atoms with van der Waals surface area (Å²) in [5.74, 6) is 1.61. The molecule has 144 valence electrons. The first-order valence-electron chi connectivity index (χ1n) is 9.28. The molecule has 0 radical (unpaired) electrons. The fourth-order valence-corrected chi connectivity index (χ4v) is 2.61.